The van der Waals surface area contributed by atoms with E-state index in [0.29, 0.717) is 34.6 Å². The molecule has 2 N–H and O–H groups in total. The Morgan fingerprint density at radius 1 is 1.17 bits per heavy atom. The number of tetrazole rings is 1. The molecule has 2 aromatic carbocycles. The third-order valence-corrected chi connectivity index (χ3v) is 4.14. The largest absolute Gasteiger partial charge is 0.494 e. The van der Waals surface area contributed by atoms with Crippen LogP contribution in [0.15, 0.2) is 57.7 Å². The van der Waals surface area contributed by atoms with Gasteiger partial charge in [0.1, 0.15) is 11.3 Å². The Kier molecular flexibility index (Phi) is 5.02. The smallest absolute Gasteiger partial charge is 0.255 e. The monoisotopic (exact) mass is 391 g/mol. The Bertz CT molecular complexity index is 1200. The highest BCUT2D eigenvalue weighted by atomic mass is 16.5. The molecule has 9 heteroatoms. The van der Waals surface area contributed by atoms with E-state index in [4.69, 9.17) is 9.15 Å². The molecule has 0 atom stereocenters. The number of hydrogen-bond donors (Lipinski definition) is 2. The lowest BCUT2D eigenvalue weighted by Crippen LogP contribution is -2.12. The predicted molar refractivity (Wildman–Crippen MR) is 106 cm³/mol. The lowest BCUT2D eigenvalue weighted by atomic mass is 10.1. The lowest BCUT2D eigenvalue weighted by Gasteiger charge is -2.08. The minimum atomic E-state index is -0.292. The van der Waals surface area contributed by atoms with Crippen LogP contribution >= 0.6 is 0 Å². The number of carbonyl (C=O) groups is 1. The highest BCUT2D eigenvalue weighted by Gasteiger charge is 2.12. The minimum absolute atomic E-state index is 0.188. The lowest BCUT2D eigenvalue weighted by molar-refractivity contribution is 0.102. The minimum Gasteiger partial charge on any atom is -0.494 e. The van der Waals surface area contributed by atoms with Gasteiger partial charge in [-0.1, -0.05) is 6.92 Å². The van der Waals surface area contributed by atoms with Gasteiger partial charge in [0.05, 0.1) is 12.0 Å². The zero-order valence-electron chi connectivity index (χ0n) is 15.5. The first kappa shape index (κ1) is 18.4. The number of anilines is 1. The number of carbonyl (C=O) groups excluding carboxylic acids is 1. The van der Waals surface area contributed by atoms with Gasteiger partial charge in [-0.05, 0) is 54.1 Å². The molecule has 0 spiro atoms. The summed E-state index contributed by atoms with van der Waals surface area (Å²) >= 11 is 0. The average molecular weight is 391 g/mol. The van der Waals surface area contributed by atoms with Gasteiger partial charge >= 0.3 is 0 Å². The second-order valence-electron chi connectivity index (χ2n) is 6.25. The summed E-state index contributed by atoms with van der Waals surface area (Å²) in [6.07, 6.45) is 0.911. The first-order chi connectivity index (χ1) is 14.1. The first-order valence-corrected chi connectivity index (χ1v) is 9.00. The summed E-state index contributed by atoms with van der Waals surface area (Å²) < 4.78 is 11.2. The van der Waals surface area contributed by atoms with Crippen molar-refractivity contribution in [2.24, 2.45) is 0 Å². The van der Waals surface area contributed by atoms with Gasteiger partial charge in [0.15, 0.2) is 11.2 Å². The quantitative estimate of drug-likeness (QED) is 0.518. The number of H-pyrrole nitrogens is 1. The SMILES string of the molecule is CCCOc1ccc(C(=O)Nc2ccc3oc(-c4nn[nH]n4)cc(=O)c3c2)cc1. The standard InChI is InChI=1S/C20H17N5O4/c1-2-9-28-14-6-3-12(4-7-14)20(27)21-13-5-8-17-15(10-13)16(26)11-18(29-17)19-22-24-25-23-19/h3-8,10-11H,2,9H2,1H3,(H,21,27)(H,22,23,24,25). The number of ether oxygens (including phenoxy) is 1. The first-order valence-electron chi connectivity index (χ1n) is 9.00. The number of rotatable bonds is 6. The number of amides is 1. The van der Waals surface area contributed by atoms with Crippen molar-refractivity contribution in [2.45, 2.75) is 13.3 Å². The Hall–Kier alpha value is -4.01. The Labute approximate surface area is 164 Å². The summed E-state index contributed by atoms with van der Waals surface area (Å²) in [6.45, 7) is 2.65. The molecule has 0 saturated carbocycles. The molecule has 0 aliphatic rings. The number of benzene rings is 2. The fourth-order valence-electron chi connectivity index (χ4n) is 2.74. The van der Waals surface area contributed by atoms with Gasteiger partial charge in [-0.2, -0.15) is 5.21 Å². The number of nitrogens with zero attached hydrogens (tertiary/aromatic N) is 3. The molecule has 0 radical (unpaired) electrons. The Balaban J connectivity index is 1.55. The fourth-order valence-corrected chi connectivity index (χ4v) is 2.74. The molecular weight excluding hydrogens is 374 g/mol. The number of nitrogens with one attached hydrogen (secondary N) is 2. The van der Waals surface area contributed by atoms with Gasteiger partial charge < -0.3 is 14.5 Å². The number of hydrogen-bond acceptors (Lipinski definition) is 7. The van der Waals surface area contributed by atoms with Gasteiger partial charge in [0.25, 0.3) is 5.91 Å². The van der Waals surface area contributed by atoms with Crippen molar-refractivity contribution in [2.75, 3.05) is 11.9 Å². The normalized spacial score (nSPS) is 10.8. The molecule has 146 valence electrons. The summed E-state index contributed by atoms with van der Waals surface area (Å²) in [5.74, 6) is 0.814. The van der Waals surface area contributed by atoms with Gasteiger partial charge in [0, 0.05) is 17.3 Å². The molecular formula is C20H17N5O4. The van der Waals surface area contributed by atoms with Gasteiger partial charge in [-0.25, -0.2) is 0 Å². The van der Waals surface area contributed by atoms with Crippen molar-refractivity contribution in [3.8, 4) is 17.3 Å². The van der Waals surface area contributed by atoms with Crippen LogP contribution in [-0.2, 0) is 0 Å². The van der Waals surface area contributed by atoms with Crippen LogP contribution < -0.4 is 15.5 Å². The number of fused-ring (bicyclic) bond motifs is 1. The zero-order chi connectivity index (χ0) is 20.2. The van der Waals surface area contributed by atoms with Gasteiger partial charge in [-0.15, -0.1) is 10.2 Å². The van der Waals surface area contributed by atoms with Crippen LogP contribution in [0.1, 0.15) is 23.7 Å². The Morgan fingerprint density at radius 3 is 2.72 bits per heavy atom. The highest BCUT2D eigenvalue weighted by Crippen LogP contribution is 2.22. The molecule has 9 nitrogen and oxygen atoms in total. The molecule has 1 amide bonds. The summed E-state index contributed by atoms with van der Waals surface area (Å²) in [5, 5.41) is 16.5. The topological polar surface area (TPSA) is 123 Å². The summed E-state index contributed by atoms with van der Waals surface area (Å²) in [7, 11) is 0. The van der Waals surface area contributed by atoms with Crippen molar-refractivity contribution >= 4 is 22.6 Å². The molecule has 0 saturated heterocycles. The van der Waals surface area contributed by atoms with E-state index < -0.39 is 0 Å². The molecule has 4 aromatic rings. The third kappa shape index (κ3) is 3.98. The van der Waals surface area contributed by atoms with Crippen LogP contribution in [0.4, 0.5) is 5.69 Å². The predicted octanol–water partition coefficient (Wildman–Crippen LogP) is 3.01. The van der Waals surface area contributed by atoms with E-state index in [-0.39, 0.29) is 22.9 Å². The maximum absolute atomic E-state index is 12.5. The highest BCUT2D eigenvalue weighted by molar-refractivity contribution is 6.05. The zero-order valence-corrected chi connectivity index (χ0v) is 15.5. The molecule has 0 fully saturated rings. The summed E-state index contributed by atoms with van der Waals surface area (Å²) in [6, 6.07) is 13.0. The van der Waals surface area contributed by atoms with E-state index in [1.807, 2.05) is 6.92 Å². The molecule has 29 heavy (non-hydrogen) atoms. The van der Waals surface area contributed by atoms with Crippen molar-refractivity contribution in [3.63, 3.8) is 0 Å². The third-order valence-electron chi connectivity index (χ3n) is 4.14. The van der Waals surface area contributed by atoms with Crippen LogP contribution in [-0.4, -0.2) is 33.1 Å². The van der Waals surface area contributed by atoms with Crippen molar-refractivity contribution in [1.82, 2.24) is 20.6 Å². The van der Waals surface area contributed by atoms with E-state index in [9.17, 15) is 9.59 Å². The van der Waals surface area contributed by atoms with Gasteiger partial charge in [0.2, 0.25) is 5.82 Å². The van der Waals surface area contributed by atoms with Crippen LogP contribution in [0, 0.1) is 0 Å². The molecule has 0 bridgehead atoms. The van der Waals surface area contributed by atoms with Crippen molar-refractivity contribution < 1.29 is 13.9 Å². The molecule has 0 aliphatic carbocycles. The van der Waals surface area contributed by atoms with E-state index in [1.54, 1.807) is 42.5 Å². The molecule has 0 aliphatic heterocycles. The molecule has 2 heterocycles. The maximum atomic E-state index is 12.5. The molecule has 2 aromatic heterocycles. The number of aromatic amines is 1. The van der Waals surface area contributed by atoms with Gasteiger partial charge in [-0.3, -0.25) is 9.59 Å². The van der Waals surface area contributed by atoms with E-state index >= 15 is 0 Å². The van der Waals surface area contributed by atoms with Crippen molar-refractivity contribution in [1.29, 1.82) is 0 Å². The van der Waals surface area contributed by atoms with E-state index in [2.05, 4.69) is 25.9 Å². The average Bonchev–Trinajstić information content (AvgIpc) is 3.28. The van der Waals surface area contributed by atoms with Crippen LogP contribution in [0.5, 0.6) is 5.75 Å². The van der Waals surface area contributed by atoms with Crippen LogP contribution in [0.25, 0.3) is 22.6 Å². The van der Waals surface area contributed by atoms with Crippen molar-refractivity contribution in [3.05, 3.63) is 64.3 Å². The van der Waals surface area contributed by atoms with Crippen LogP contribution in [0.2, 0.25) is 0 Å². The molecule has 0 unspecified atom stereocenters. The summed E-state index contributed by atoms with van der Waals surface area (Å²) in [5.41, 5.74) is 1.04. The second kappa shape index (κ2) is 7.93. The molecule has 4 rings (SSSR count). The fraction of sp³-hybridized carbons (Fsp3) is 0.150. The second-order valence-corrected chi connectivity index (χ2v) is 6.25. The number of aromatic nitrogens is 4. The van der Waals surface area contributed by atoms with E-state index in [1.165, 1.54) is 6.07 Å². The summed E-state index contributed by atoms with van der Waals surface area (Å²) in [4.78, 5) is 24.9. The Morgan fingerprint density at radius 2 is 2.00 bits per heavy atom. The maximum Gasteiger partial charge on any atom is 0.255 e. The van der Waals surface area contributed by atoms with Crippen LogP contribution in [0.3, 0.4) is 0 Å². The van der Waals surface area contributed by atoms with E-state index in [0.717, 1.165) is 6.42 Å².